The molecule has 1 N–H and O–H groups in total. The van der Waals surface area contributed by atoms with Gasteiger partial charge >= 0.3 is 5.97 Å². The van der Waals surface area contributed by atoms with Gasteiger partial charge in [0.1, 0.15) is 11.9 Å². The second-order valence-corrected chi connectivity index (χ2v) is 4.78. The van der Waals surface area contributed by atoms with E-state index in [-0.39, 0.29) is 12.0 Å². The van der Waals surface area contributed by atoms with Gasteiger partial charge in [0.05, 0.1) is 5.92 Å². The van der Waals surface area contributed by atoms with Gasteiger partial charge in [-0.05, 0) is 43.5 Å². The second-order valence-electron chi connectivity index (χ2n) is 4.34. The highest BCUT2D eigenvalue weighted by Gasteiger charge is 2.32. The van der Waals surface area contributed by atoms with E-state index in [2.05, 4.69) is 0 Å². The molecule has 2 unspecified atom stereocenters. The molecule has 3 nitrogen and oxygen atoms in total. The van der Waals surface area contributed by atoms with Crippen molar-refractivity contribution in [1.82, 2.24) is 0 Å². The van der Waals surface area contributed by atoms with Crippen molar-refractivity contribution in [2.45, 2.75) is 31.8 Å². The molecule has 4 heteroatoms. The SMILES string of the molecule is O=C(O)C1CCCCC1Oc1ccc(Cl)cc1. The van der Waals surface area contributed by atoms with Gasteiger partial charge in [0.25, 0.3) is 0 Å². The molecule has 1 aromatic rings. The van der Waals surface area contributed by atoms with Crippen LogP contribution in [0.5, 0.6) is 5.75 Å². The summed E-state index contributed by atoms with van der Waals surface area (Å²) in [5, 5.41) is 9.78. The lowest BCUT2D eigenvalue weighted by Crippen LogP contribution is -2.35. The topological polar surface area (TPSA) is 46.5 Å². The molecular weight excluding hydrogens is 240 g/mol. The number of carboxylic acids is 1. The van der Waals surface area contributed by atoms with Crippen molar-refractivity contribution in [2.24, 2.45) is 5.92 Å². The minimum atomic E-state index is -0.760. The number of aliphatic carboxylic acids is 1. The minimum absolute atomic E-state index is 0.220. The third kappa shape index (κ3) is 3.13. The first-order chi connectivity index (χ1) is 8.16. The van der Waals surface area contributed by atoms with E-state index >= 15 is 0 Å². The Bertz CT molecular complexity index is 388. The molecule has 1 fully saturated rings. The van der Waals surface area contributed by atoms with E-state index in [1.807, 2.05) is 0 Å². The molecule has 2 rings (SSSR count). The molecule has 0 heterocycles. The number of halogens is 1. The van der Waals surface area contributed by atoms with Crippen LogP contribution in [0.2, 0.25) is 5.02 Å². The van der Waals surface area contributed by atoms with Crippen molar-refractivity contribution in [1.29, 1.82) is 0 Å². The van der Waals surface area contributed by atoms with Crippen LogP contribution in [0.3, 0.4) is 0 Å². The van der Waals surface area contributed by atoms with Gasteiger partial charge in [-0.25, -0.2) is 0 Å². The fourth-order valence-electron chi connectivity index (χ4n) is 2.21. The van der Waals surface area contributed by atoms with Crippen LogP contribution >= 0.6 is 11.6 Å². The Morgan fingerprint density at radius 1 is 1.24 bits per heavy atom. The van der Waals surface area contributed by atoms with E-state index < -0.39 is 5.97 Å². The number of hydrogen-bond donors (Lipinski definition) is 1. The van der Waals surface area contributed by atoms with Crippen molar-refractivity contribution >= 4 is 17.6 Å². The Hall–Kier alpha value is -1.22. The summed E-state index contributed by atoms with van der Waals surface area (Å²) in [6.07, 6.45) is 3.29. The van der Waals surface area contributed by atoms with Crippen LogP contribution in [0.25, 0.3) is 0 Å². The molecular formula is C13H15ClO3. The van der Waals surface area contributed by atoms with Crippen molar-refractivity contribution in [3.63, 3.8) is 0 Å². The fourth-order valence-corrected chi connectivity index (χ4v) is 2.33. The lowest BCUT2D eigenvalue weighted by Gasteiger charge is -2.29. The van der Waals surface area contributed by atoms with Crippen molar-refractivity contribution in [2.75, 3.05) is 0 Å². The number of hydrogen-bond acceptors (Lipinski definition) is 2. The fraction of sp³-hybridized carbons (Fsp3) is 0.462. The van der Waals surface area contributed by atoms with Gasteiger partial charge in [-0.1, -0.05) is 18.0 Å². The monoisotopic (exact) mass is 254 g/mol. The van der Waals surface area contributed by atoms with Gasteiger partial charge in [-0.15, -0.1) is 0 Å². The van der Waals surface area contributed by atoms with Crippen LogP contribution in [0, 0.1) is 5.92 Å². The summed E-state index contributed by atoms with van der Waals surface area (Å²) >= 11 is 5.78. The first kappa shape index (κ1) is 12.2. The van der Waals surface area contributed by atoms with Crippen LogP contribution in [0.15, 0.2) is 24.3 Å². The van der Waals surface area contributed by atoms with Crippen LogP contribution in [0.1, 0.15) is 25.7 Å². The summed E-state index contributed by atoms with van der Waals surface area (Å²) in [4.78, 5) is 11.1. The molecule has 92 valence electrons. The highest BCUT2D eigenvalue weighted by Crippen LogP contribution is 2.29. The molecule has 1 aliphatic rings. The normalized spacial score (nSPS) is 24.3. The van der Waals surface area contributed by atoms with E-state index in [1.165, 1.54) is 0 Å². The molecule has 1 saturated carbocycles. The molecule has 1 aromatic carbocycles. The third-order valence-electron chi connectivity index (χ3n) is 3.12. The van der Waals surface area contributed by atoms with Gasteiger partial charge in [-0.2, -0.15) is 0 Å². The summed E-state index contributed by atoms with van der Waals surface area (Å²) in [5.74, 6) is -0.462. The smallest absolute Gasteiger partial charge is 0.310 e. The van der Waals surface area contributed by atoms with Crippen LogP contribution in [0.4, 0.5) is 0 Å². The predicted molar refractivity (Wildman–Crippen MR) is 65.5 cm³/mol. The lowest BCUT2D eigenvalue weighted by atomic mass is 9.86. The van der Waals surface area contributed by atoms with Gasteiger partial charge in [0.2, 0.25) is 0 Å². The summed E-state index contributed by atoms with van der Waals surface area (Å²) in [6, 6.07) is 7.04. The molecule has 0 saturated heterocycles. The highest BCUT2D eigenvalue weighted by molar-refractivity contribution is 6.30. The maximum atomic E-state index is 11.1. The molecule has 0 aliphatic heterocycles. The number of ether oxygens (including phenoxy) is 1. The van der Waals surface area contributed by atoms with Crippen LogP contribution in [-0.4, -0.2) is 17.2 Å². The molecule has 0 amide bonds. The summed E-state index contributed by atoms with van der Waals surface area (Å²) in [7, 11) is 0. The molecule has 17 heavy (non-hydrogen) atoms. The number of rotatable bonds is 3. The highest BCUT2D eigenvalue weighted by atomic mass is 35.5. The van der Waals surface area contributed by atoms with E-state index in [0.29, 0.717) is 17.2 Å². The van der Waals surface area contributed by atoms with Gasteiger partial charge in [0, 0.05) is 5.02 Å². The Kier molecular flexibility index (Phi) is 3.89. The lowest BCUT2D eigenvalue weighted by molar-refractivity contribution is -0.146. The summed E-state index contributed by atoms with van der Waals surface area (Å²) in [6.45, 7) is 0. The molecule has 1 aliphatic carbocycles. The summed E-state index contributed by atoms with van der Waals surface area (Å²) in [5.41, 5.74) is 0. The van der Waals surface area contributed by atoms with Crippen molar-refractivity contribution in [3.8, 4) is 5.75 Å². The van der Waals surface area contributed by atoms with Crippen LogP contribution in [-0.2, 0) is 4.79 Å². The van der Waals surface area contributed by atoms with Gasteiger partial charge in [-0.3, -0.25) is 4.79 Å². The molecule has 0 bridgehead atoms. The van der Waals surface area contributed by atoms with Gasteiger partial charge in [0.15, 0.2) is 0 Å². The zero-order valence-electron chi connectivity index (χ0n) is 9.43. The average Bonchev–Trinajstić information content (AvgIpc) is 2.32. The zero-order chi connectivity index (χ0) is 12.3. The van der Waals surface area contributed by atoms with E-state index in [4.69, 9.17) is 21.4 Å². The maximum absolute atomic E-state index is 11.1. The first-order valence-electron chi connectivity index (χ1n) is 5.82. The Balaban J connectivity index is 2.05. The first-order valence-corrected chi connectivity index (χ1v) is 6.19. The Labute approximate surface area is 105 Å². The summed E-state index contributed by atoms with van der Waals surface area (Å²) < 4.78 is 5.74. The zero-order valence-corrected chi connectivity index (χ0v) is 10.2. The van der Waals surface area contributed by atoms with Gasteiger partial charge < -0.3 is 9.84 Å². The second kappa shape index (κ2) is 5.41. The number of benzene rings is 1. The van der Waals surface area contributed by atoms with E-state index in [1.54, 1.807) is 24.3 Å². The minimum Gasteiger partial charge on any atom is -0.490 e. The maximum Gasteiger partial charge on any atom is 0.310 e. The molecule has 0 spiro atoms. The average molecular weight is 255 g/mol. The Morgan fingerprint density at radius 2 is 1.88 bits per heavy atom. The number of carboxylic acid groups (broad SMARTS) is 1. The Morgan fingerprint density at radius 3 is 2.53 bits per heavy atom. The predicted octanol–water partition coefficient (Wildman–Crippen LogP) is 3.36. The quantitative estimate of drug-likeness (QED) is 0.900. The van der Waals surface area contributed by atoms with E-state index in [0.717, 1.165) is 19.3 Å². The third-order valence-corrected chi connectivity index (χ3v) is 3.37. The number of carbonyl (C=O) groups is 1. The van der Waals surface area contributed by atoms with Crippen molar-refractivity contribution < 1.29 is 14.6 Å². The van der Waals surface area contributed by atoms with E-state index in [9.17, 15) is 4.79 Å². The molecule has 2 atom stereocenters. The molecule has 0 radical (unpaired) electrons. The largest absolute Gasteiger partial charge is 0.490 e. The molecule has 0 aromatic heterocycles. The van der Waals surface area contributed by atoms with Crippen molar-refractivity contribution in [3.05, 3.63) is 29.3 Å². The standard InChI is InChI=1S/C13H15ClO3/c14-9-5-7-10(8-6-9)17-12-4-2-1-3-11(12)13(15)16/h5-8,11-12H,1-4H2,(H,15,16). The van der Waals surface area contributed by atoms with Crippen LogP contribution < -0.4 is 4.74 Å².